The molecule has 0 aliphatic heterocycles. The van der Waals surface area contributed by atoms with Gasteiger partial charge in [-0.25, -0.2) is 0 Å². The van der Waals surface area contributed by atoms with Crippen LogP contribution in [0.2, 0.25) is 0 Å². The highest BCUT2D eigenvalue weighted by Crippen LogP contribution is 2.53. The lowest BCUT2D eigenvalue weighted by Crippen LogP contribution is -2.15. The summed E-state index contributed by atoms with van der Waals surface area (Å²) in [5.41, 5.74) is 13.6. The Balaban J connectivity index is 1.09. The van der Waals surface area contributed by atoms with Gasteiger partial charge in [0.15, 0.2) is 0 Å². The second-order valence-corrected chi connectivity index (χ2v) is 17.6. The van der Waals surface area contributed by atoms with Crippen LogP contribution in [0.1, 0.15) is 25.0 Å². The first kappa shape index (κ1) is 34.1. The highest BCUT2D eigenvalue weighted by Gasteiger charge is 2.36. The number of hydrogen-bond acceptors (Lipinski definition) is 2. The lowest BCUT2D eigenvalue weighted by atomic mass is 9.82. The molecular weight excluding hydrogens is 731 g/mol. The Hall–Kier alpha value is -7.00. The number of fused-ring (bicyclic) bond motifs is 9. The van der Waals surface area contributed by atoms with Crippen LogP contribution in [-0.4, -0.2) is 0 Å². The van der Waals surface area contributed by atoms with Gasteiger partial charge < -0.3 is 4.90 Å². The highest BCUT2D eigenvalue weighted by atomic mass is 32.1. The molecule has 11 aromatic rings. The van der Waals surface area contributed by atoms with Gasteiger partial charge in [-0.05, 0) is 126 Å². The Bertz CT molecular complexity index is 3480. The van der Waals surface area contributed by atoms with Gasteiger partial charge in [0.1, 0.15) is 0 Å². The second kappa shape index (κ2) is 13.0. The van der Waals surface area contributed by atoms with Crippen molar-refractivity contribution in [1.82, 2.24) is 0 Å². The third-order valence-electron chi connectivity index (χ3n) is 12.8. The molecule has 0 fully saturated rings. The van der Waals surface area contributed by atoms with Gasteiger partial charge in [-0.3, -0.25) is 0 Å². The predicted molar refractivity (Wildman–Crippen MR) is 255 cm³/mol. The summed E-state index contributed by atoms with van der Waals surface area (Å²) in [4.78, 5) is 2.49. The Morgan fingerprint density at radius 2 is 1.00 bits per heavy atom. The monoisotopic (exact) mass is 769 g/mol. The molecule has 10 aromatic carbocycles. The third-order valence-corrected chi connectivity index (χ3v) is 14.0. The summed E-state index contributed by atoms with van der Waals surface area (Å²) in [5, 5.41) is 10.1. The van der Waals surface area contributed by atoms with E-state index < -0.39 is 0 Å². The molecule has 0 unspecified atom stereocenters. The molecule has 0 N–H and O–H groups in total. The Kier molecular flexibility index (Phi) is 7.51. The molecule has 2 heteroatoms. The van der Waals surface area contributed by atoms with Crippen LogP contribution in [0.25, 0.3) is 85.9 Å². The van der Waals surface area contributed by atoms with Crippen LogP contribution in [-0.2, 0) is 5.41 Å². The molecule has 12 rings (SSSR count). The number of hydrogen-bond donors (Lipinski definition) is 0. The molecule has 278 valence electrons. The van der Waals surface area contributed by atoms with Crippen molar-refractivity contribution in [2.45, 2.75) is 19.3 Å². The maximum Gasteiger partial charge on any atom is 0.0546 e. The number of benzene rings is 10. The molecule has 1 heterocycles. The van der Waals surface area contributed by atoms with E-state index in [-0.39, 0.29) is 5.41 Å². The smallest absolute Gasteiger partial charge is 0.0546 e. The minimum atomic E-state index is -0.119. The van der Waals surface area contributed by atoms with Crippen molar-refractivity contribution in [2.75, 3.05) is 4.90 Å². The first-order valence-electron chi connectivity index (χ1n) is 20.5. The zero-order valence-corrected chi connectivity index (χ0v) is 33.7. The molecule has 0 radical (unpaired) electrons. The van der Waals surface area contributed by atoms with Gasteiger partial charge in [0, 0.05) is 42.5 Å². The van der Waals surface area contributed by atoms with E-state index in [0.29, 0.717) is 0 Å². The molecule has 1 aliphatic carbocycles. The van der Waals surface area contributed by atoms with Gasteiger partial charge in [-0.2, -0.15) is 0 Å². The van der Waals surface area contributed by atoms with Crippen molar-refractivity contribution < 1.29 is 0 Å². The van der Waals surface area contributed by atoms with Crippen LogP contribution < -0.4 is 4.90 Å². The Morgan fingerprint density at radius 3 is 1.81 bits per heavy atom. The van der Waals surface area contributed by atoms with Gasteiger partial charge in [0.2, 0.25) is 0 Å². The molecule has 0 bridgehead atoms. The molecule has 59 heavy (non-hydrogen) atoms. The maximum absolute atomic E-state index is 2.49. The minimum absolute atomic E-state index is 0.119. The molecule has 1 aromatic heterocycles. The number of rotatable bonds is 5. The van der Waals surface area contributed by atoms with Crippen molar-refractivity contribution in [3.8, 4) is 33.4 Å². The fourth-order valence-corrected chi connectivity index (χ4v) is 11.1. The average molecular weight is 770 g/mol. The Labute approximate surface area is 348 Å². The van der Waals surface area contributed by atoms with Crippen molar-refractivity contribution in [1.29, 1.82) is 0 Å². The topological polar surface area (TPSA) is 3.24 Å². The van der Waals surface area contributed by atoms with Crippen LogP contribution in [0, 0.1) is 0 Å². The van der Waals surface area contributed by atoms with E-state index in [2.05, 4.69) is 219 Å². The lowest BCUT2D eigenvalue weighted by Gasteiger charge is -2.30. The van der Waals surface area contributed by atoms with Gasteiger partial charge in [-0.1, -0.05) is 159 Å². The van der Waals surface area contributed by atoms with Gasteiger partial charge in [0.05, 0.1) is 5.69 Å². The standard InChI is InChI=1S/C57H39NS/c1-57(2)51-30-29-44(35-50(51)49-33-40-15-5-6-16-41(40)34-52(49)57)58(43-27-24-38(25-28-43)46-19-11-20-48-47-18-9-10-21-54(47)59-56(46)48)53-31-26-37-13-7-8-17-45(37)55(53)42-23-22-36-12-3-4-14-39(36)32-42/h3-35H,1-2H3. The van der Waals surface area contributed by atoms with E-state index in [0.717, 1.165) is 17.1 Å². The SMILES string of the molecule is CC1(C)c2ccc(N(c3ccc(-c4cccc5c4sc4ccccc45)cc3)c3ccc4ccccc4c3-c3ccc4ccccc4c3)cc2-c2cc3ccccc3cc21. The van der Waals surface area contributed by atoms with E-state index in [1.165, 1.54) is 97.0 Å². The van der Waals surface area contributed by atoms with Crippen molar-refractivity contribution in [2.24, 2.45) is 0 Å². The Morgan fingerprint density at radius 1 is 0.390 bits per heavy atom. The van der Waals surface area contributed by atoms with Crippen LogP contribution in [0.5, 0.6) is 0 Å². The summed E-state index contributed by atoms with van der Waals surface area (Å²) >= 11 is 1.88. The van der Waals surface area contributed by atoms with E-state index in [4.69, 9.17) is 0 Å². The quantitative estimate of drug-likeness (QED) is 0.169. The van der Waals surface area contributed by atoms with Gasteiger partial charge >= 0.3 is 0 Å². The summed E-state index contributed by atoms with van der Waals surface area (Å²) in [6, 6.07) is 74.6. The highest BCUT2D eigenvalue weighted by molar-refractivity contribution is 7.26. The van der Waals surface area contributed by atoms with Crippen LogP contribution in [0.15, 0.2) is 200 Å². The number of thiophene rings is 1. The van der Waals surface area contributed by atoms with Gasteiger partial charge in [-0.15, -0.1) is 11.3 Å². The molecular formula is C57H39NS. The number of nitrogens with zero attached hydrogens (tertiary/aromatic N) is 1. The summed E-state index contributed by atoms with van der Waals surface area (Å²) < 4.78 is 2.66. The molecule has 0 saturated heterocycles. The first-order chi connectivity index (χ1) is 29.0. The minimum Gasteiger partial charge on any atom is -0.310 e. The fraction of sp³-hybridized carbons (Fsp3) is 0.0526. The zero-order valence-electron chi connectivity index (χ0n) is 32.9. The van der Waals surface area contributed by atoms with Crippen LogP contribution >= 0.6 is 11.3 Å². The maximum atomic E-state index is 2.49. The van der Waals surface area contributed by atoms with Gasteiger partial charge in [0.25, 0.3) is 0 Å². The average Bonchev–Trinajstić information content (AvgIpc) is 3.77. The molecule has 0 atom stereocenters. The van der Waals surface area contributed by atoms with Crippen molar-refractivity contribution >= 4 is 80.9 Å². The van der Waals surface area contributed by atoms with E-state index in [1.807, 2.05) is 11.3 Å². The van der Waals surface area contributed by atoms with Crippen LogP contribution in [0.3, 0.4) is 0 Å². The normalized spacial score (nSPS) is 13.1. The molecule has 0 amide bonds. The molecule has 0 spiro atoms. The molecule has 1 nitrogen and oxygen atoms in total. The molecule has 1 aliphatic rings. The number of anilines is 3. The van der Waals surface area contributed by atoms with Crippen molar-refractivity contribution in [3.63, 3.8) is 0 Å². The fourth-order valence-electron chi connectivity index (χ4n) is 9.85. The van der Waals surface area contributed by atoms with Crippen molar-refractivity contribution in [3.05, 3.63) is 211 Å². The van der Waals surface area contributed by atoms with Crippen LogP contribution in [0.4, 0.5) is 17.1 Å². The van der Waals surface area contributed by atoms with E-state index in [9.17, 15) is 0 Å². The third kappa shape index (κ3) is 5.30. The zero-order chi connectivity index (χ0) is 39.2. The summed E-state index contributed by atoms with van der Waals surface area (Å²) in [7, 11) is 0. The summed E-state index contributed by atoms with van der Waals surface area (Å²) in [6.07, 6.45) is 0. The van der Waals surface area contributed by atoms with E-state index >= 15 is 0 Å². The first-order valence-corrected chi connectivity index (χ1v) is 21.3. The summed E-state index contributed by atoms with van der Waals surface area (Å²) in [6.45, 7) is 4.75. The summed E-state index contributed by atoms with van der Waals surface area (Å²) in [5.74, 6) is 0. The van der Waals surface area contributed by atoms with E-state index in [1.54, 1.807) is 0 Å². The second-order valence-electron chi connectivity index (χ2n) is 16.5. The molecule has 0 saturated carbocycles. The lowest BCUT2D eigenvalue weighted by molar-refractivity contribution is 0.661. The predicted octanol–water partition coefficient (Wildman–Crippen LogP) is 16.6. The largest absolute Gasteiger partial charge is 0.310 e.